The molecule has 1 aliphatic rings. The van der Waals surface area contributed by atoms with Crippen LogP contribution in [0, 0.1) is 0 Å². The second-order valence-corrected chi connectivity index (χ2v) is 7.68. The number of rotatable bonds is 11. The number of hydrogen-bond acceptors (Lipinski definition) is 6. The summed E-state index contributed by atoms with van der Waals surface area (Å²) in [4.78, 5) is 29.2. The Morgan fingerprint density at radius 3 is 2.25 bits per heavy atom. The Morgan fingerprint density at radius 1 is 1.04 bits per heavy atom. The highest BCUT2D eigenvalue weighted by molar-refractivity contribution is 8.18. The van der Waals surface area contributed by atoms with E-state index in [2.05, 4.69) is 18.7 Å². The predicted molar refractivity (Wildman–Crippen MR) is 114 cm³/mol. The van der Waals surface area contributed by atoms with Gasteiger partial charge in [-0.05, 0) is 61.5 Å². The van der Waals surface area contributed by atoms with E-state index in [0.717, 1.165) is 56.1 Å². The fourth-order valence-electron chi connectivity index (χ4n) is 2.93. The molecule has 1 aromatic rings. The van der Waals surface area contributed by atoms with E-state index in [0.29, 0.717) is 23.1 Å². The molecule has 0 radical (unpaired) electrons. The Kier molecular flexibility index (Phi) is 8.86. The van der Waals surface area contributed by atoms with Crippen LogP contribution in [0.15, 0.2) is 23.1 Å². The molecule has 0 N–H and O–H groups in total. The van der Waals surface area contributed by atoms with E-state index in [9.17, 15) is 9.59 Å². The zero-order valence-corrected chi connectivity index (χ0v) is 18.0. The molecule has 0 atom stereocenters. The van der Waals surface area contributed by atoms with Crippen LogP contribution in [0.4, 0.5) is 4.79 Å². The molecule has 0 bridgehead atoms. The quantitative estimate of drug-likeness (QED) is 0.501. The number of imide groups is 1. The van der Waals surface area contributed by atoms with Crippen molar-refractivity contribution in [2.24, 2.45) is 0 Å². The van der Waals surface area contributed by atoms with Gasteiger partial charge < -0.3 is 9.47 Å². The van der Waals surface area contributed by atoms with Crippen molar-refractivity contribution in [1.29, 1.82) is 0 Å². The van der Waals surface area contributed by atoms with Crippen molar-refractivity contribution in [3.05, 3.63) is 28.7 Å². The molecule has 0 unspecified atom stereocenters. The van der Waals surface area contributed by atoms with Gasteiger partial charge >= 0.3 is 0 Å². The average Bonchev–Trinajstić information content (AvgIpc) is 2.96. The molecule has 7 heteroatoms. The number of thioether (sulfide) groups is 1. The average molecular weight is 407 g/mol. The summed E-state index contributed by atoms with van der Waals surface area (Å²) in [7, 11) is 3.14. The Labute approximate surface area is 171 Å². The van der Waals surface area contributed by atoms with Gasteiger partial charge in [0.2, 0.25) is 0 Å². The Bertz CT molecular complexity index is 712. The highest BCUT2D eigenvalue weighted by atomic mass is 32.2. The van der Waals surface area contributed by atoms with E-state index in [4.69, 9.17) is 9.47 Å². The molecule has 2 rings (SSSR count). The van der Waals surface area contributed by atoms with E-state index in [1.54, 1.807) is 32.4 Å². The highest BCUT2D eigenvalue weighted by Crippen LogP contribution is 2.34. The summed E-state index contributed by atoms with van der Waals surface area (Å²) in [5, 5.41) is -0.213. The van der Waals surface area contributed by atoms with Crippen LogP contribution in [0.1, 0.15) is 45.1 Å². The minimum Gasteiger partial charge on any atom is -0.493 e. The number of unbranched alkanes of at least 4 members (excludes halogenated alkanes) is 2. The molecule has 2 amide bonds. The third kappa shape index (κ3) is 5.75. The van der Waals surface area contributed by atoms with Crippen LogP contribution >= 0.6 is 11.8 Å². The fourth-order valence-corrected chi connectivity index (χ4v) is 3.76. The van der Waals surface area contributed by atoms with Gasteiger partial charge in [0, 0.05) is 0 Å². The van der Waals surface area contributed by atoms with E-state index >= 15 is 0 Å². The normalized spacial score (nSPS) is 15.8. The highest BCUT2D eigenvalue weighted by Gasteiger charge is 2.35. The Balaban J connectivity index is 2.14. The van der Waals surface area contributed by atoms with Gasteiger partial charge in [-0.1, -0.05) is 32.8 Å². The third-order valence-electron chi connectivity index (χ3n) is 4.58. The van der Waals surface area contributed by atoms with Crippen molar-refractivity contribution >= 4 is 29.0 Å². The molecule has 0 aliphatic carbocycles. The van der Waals surface area contributed by atoms with Gasteiger partial charge in [-0.25, -0.2) is 0 Å². The SMILES string of the molecule is CCCCN(CCCC)CN1C(=O)S/C(=C/c2ccc(OC)c(OC)c2)C1=O. The van der Waals surface area contributed by atoms with Gasteiger partial charge in [-0.15, -0.1) is 0 Å². The maximum Gasteiger partial charge on any atom is 0.294 e. The van der Waals surface area contributed by atoms with Gasteiger partial charge in [0.1, 0.15) is 0 Å². The second-order valence-electron chi connectivity index (χ2n) is 6.69. The monoisotopic (exact) mass is 406 g/mol. The molecule has 0 aromatic heterocycles. The van der Waals surface area contributed by atoms with E-state index in [-0.39, 0.29) is 11.1 Å². The second kappa shape index (κ2) is 11.1. The smallest absolute Gasteiger partial charge is 0.294 e. The summed E-state index contributed by atoms with van der Waals surface area (Å²) < 4.78 is 10.5. The maximum atomic E-state index is 12.8. The number of benzene rings is 1. The summed E-state index contributed by atoms with van der Waals surface area (Å²) >= 11 is 0.990. The molecule has 28 heavy (non-hydrogen) atoms. The predicted octanol–water partition coefficient (Wildman–Crippen LogP) is 4.60. The number of carbonyl (C=O) groups is 2. The van der Waals surface area contributed by atoms with Crippen LogP contribution in [-0.2, 0) is 4.79 Å². The summed E-state index contributed by atoms with van der Waals surface area (Å²) in [5.74, 6) is 0.971. The molecule has 1 saturated heterocycles. The molecule has 6 nitrogen and oxygen atoms in total. The van der Waals surface area contributed by atoms with Crippen LogP contribution in [0.2, 0.25) is 0 Å². The number of ether oxygens (including phenoxy) is 2. The summed E-state index contributed by atoms with van der Waals surface area (Å²) in [6, 6.07) is 5.41. The van der Waals surface area contributed by atoms with Crippen molar-refractivity contribution < 1.29 is 19.1 Å². The van der Waals surface area contributed by atoms with Crippen molar-refractivity contribution in [3.63, 3.8) is 0 Å². The Hall–Kier alpha value is -1.99. The lowest BCUT2D eigenvalue weighted by Crippen LogP contribution is -2.41. The summed E-state index contributed by atoms with van der Waals surface area (Å²) in [6.07, 6.45) is 6.02. The van der Waals surface area contributed by atoms with E-state index < -0.39 is 0 Å². The van der Waals surface area contributed by atoms with Crippen LogP contribution in [0.5, 0.6) is 11.5 Å². The van der Waals surface area contributed by atoms with Gasteiger partial charge in [-0.2, -0.15) is 0 Å². The number of methoxy groups -OCH3 is 2. The minimum absolute atomic E-state index is 0.213. The lowest BCUT2D eigenvalue weighted by Gasteiger charge is -2.26. The van der Waals surface area contributed by atoms with Crippen molar-refractivity contribution in [1.82, 2.24) is 9.80 Å². The van der Waals surface area contributed by atoms with Crippen molar-refractivity contribution in [2.45, 2.75) is 39.5 Å². The summed E-state index contributed by atoms with van der Waals surface area (Å²) in [6.45, 7) is 6.43. The van der Waals surface area contributed by atoms with E-state index in [1.165, 1.54) is 4.90 Å². The maximum absolute atomic E-state index is 12.8. The fraction of sp³-hybridized carbons (Fsp3) is 0.524. The molecule has 0 saturated carbocycles. The van der Waals surface area contributed by atoms with Gasteiger partial charge in [0.15, 0.2) is 11.5 Å². The summed E-state index contributed by atoms with van der Waals surface area (Å²) in [5.41, 5.74) is 0.789. The van der Waals surface area contributed by atoms with Gasteiger partial charge in [0.05, 0.1) is 25.8 Å². The first-order valence-electron chi connectivity index (χ1n) is 9.73. The van der Waals surface area contributed by atoms with Crippen LogP contribution in [-0.4, -0.2) is 54.9 Å². The van der Waals surface area contributed by atoms with Gasteiger partial charge in [-0.3, -0.25) is 19.4 Å². The number of amides is 2. The molecule has 1 aromatic carbocycles. The lowest BCUT2D eigenvalue weighted by atomic mass is 10.2. The molecular weight excluding hydrogens is 376 g/mol. The minimum atomic E-state index is -0.234. The first-order valence-corrected chi connectivity index (χ1v) is 10.5. The molecular formula is C21H30N2O4S. The molecule has 154 valence electrons. The first-order chi connectivity index (χ1) is 13.5. The topological polar surface area (TPSA) is 59.1 Å². The Morgan fingerprint density at radius 2 is 1.68 bits per heavy atom. The lowest BCUT2D eigenvalue weighted by molar-refractivity contribution is -0.124. The largest absolute Gasteiger partial charge is 0.493 e. The van der Waals surface area contributed by atoms with Crippen molar-refractivity contribution in [3.8, 4) is 11.5 Å². The van der Waals surface area contributed by atoms with Crippen LogP contribution in [0.25, 0.3) is 6.08 Å². The number of carbonyl (C=O) groups excluding carboxylic acids is 2. The van der Waals surface area contributed by atoms with E-state index in [1.807, 2.05) is 6.07 Å². The first kappa shape index (κ1) is 22.3. The van der Waals surface area contributed by atoms with Crippen LogP contribution in [0.3, 0.4) is 0 Å². The zero-order valence-electron chi connectivity index (χ0n) is 17.2. The standard InChI is InChI=1S/C21H30N2O4S/c1-5-7-11-22(12-8-6-2)15-23-20(24)19(28-21(23)25)14-16-9-10-17(26-3)18(13-16)27-4/h9-10,13-14H,5-8,11-12,15H2,1-4H3/b19-14+. The zero-order chi connectivity index (χ0) is 20.5. The molecule has 1 aliphatic heterocycles. The third-order valence-corrected chi connectivity index (χ3v) is 5.48. The van der Waals surface area contributed by atoms with Gasteiger partial charge in [0.25, 0.3) is 11.1 Å². The van der Waals surface area contributed by atoms with Crippen LogP contribution < -0.4 is 9.47 Å². The number of nitrogens with zero attached hydrogens (tertiary/aromatic N) is 2. The molecule has 1 fully saturated rings. The van der Waals surface area contributed by atoms with Crippen molar-refractivity contribution in [2.75, 3.05) is 34.0 Å². The number of hydrogen-bond donors (Lipinski definition) is 0. The molecule has 0 spiro atoms. The molecule has 1 heterocycles.